The van der Waals surface area contributed by atoms with E-state index in [2.05, 4.69) is 0 Å². The molecule has 102 valence electrons. The molecule has 0 unspecified atom stereocenters. The normalized spacial score (nSPS) is 9.79. The summed E-state index contributed by atoms with van der Waals surface area (Å²) < 4.78 is 5.36. The number of amides is 3. The molecule has 0 saturated heterocycles. The zero-order valence-electron chi connectivity index (χ0n) is 10.6. The highest BCUT2D eigenvalue weighted by molar-refractivity contribution is 7.80. The molecule has 0 fully saturated rings. The lowest BCUT2D eigenvalue weighted by molar-refractivity contribution is -0.121. The van der Waals surface area contributed by atoms with E-state index in [4.69, 9.17) is 28.4 Å². The maximum atomic E-state index is 11.2. The summed E-state index contributed by atoms with van der Waals surface area (Å²) >= 11 is 4.90. The average molecular weight is 281 g/mol. The smallest absolute Gasteiger partial charge is 0.318 e. The number of nitrogens with one attached hydrogen (secondary N) is 1. The SMILES string of the molecule is Cc1cc(C(N)=S)cc(C)c1OCC(=O)NC(N)=O. The van der Waals surface area contributed by atoms with Crippen LogP contribution in [0.5, 0.6) is 5.75 Å². The molecule has 6 nitrogen and oxygen atoms in total. The van der Waals surface area contributed by atoms with Crippen LogP contribution in [0.15, 0.2) is 12.1 Å². The van der Waals surface area contributed by atoms with Gasteiger partial charge in [0.2, 0.25) is 0 Å². The van der Waals surface area contributed by atoms with E-state index in [-0.39, 0.29) is 6.61 Å². The minimum Gasteiger partial charge on any atom is -0.483 e. The first kappa shape index (κ1) is 14.9. The molecular formula is C12H15N3O3S. The second-order valence-corrected chi connectivity index (χ2v) is 4.44. The Balaban J connectivity index is 2.82. The lowest BCUT2D eigenvalue weighted by atomic mass is 10.1. The summed E-state index contributed by atoms with van der Waals surface area (Å²) in [6.07, 6.45) is 0. The van der Waals surface area contributed by atoms with Gasteiger partial charge in [-0.05, 0) is 37.1 Å². The van der Waals surface area contributed by atoms with Gasteiger partial charge in [0.25, 0.3) is 5.91 Å². The molecule has 0 aromatic heterocycles. The first-order valence-electron chi connectivity index (χ1n) is 5.44. The number of benzene rings is 1. The lowest BCUT2D eigenvalue weighted by Crippen LogP contribution is -2.38. The molecule has 0 radical (unpaired) electrons. The van der Waals surface area contributed by atoms with Crippen molar-refractivity contribution < 1.29 is 14.3 Å². The van der Waals surface area contributed by atoms with E-state index in [0.29, 0.717) is 10.7 Å². The number of ether oxygens (including phenoxy) is 1. The van der Waals surface area contributed by atoms with E-state index in [1.807, 2.05) is 19.2 Å². The highest BCUT2D eigenvalue weighted by Crippen LogP contribution is 2.24. The average Bonchev–Trinajstić information content (AvgIpc) is 2.26. The quantitative estimate of drug-likeness (QED) is 0.697. The number of nitrogens with two attached hydrogens (primary N) is 2. The minimum atomic E-state index is -0.911. The van der Waals surface area contributed by atoms with Gasteiger partial charge in [-0.25, -0.2) is 4.79 Å². The number of carbonyl (C=O) groups is 2. The molecule has 0 aliphatic rings. The second kappa shape index (κ2) is 6.14. The van der Waals surface area contributed by atoms with Gasteiger partial charge in [0, 0.05) is 5.56 Å². The monoisotopic (exact) mass is 281 g/mol. The second-order valence-electron chi connectivity index (χ2n) is 4.00. The molecule has 1 rings (SSSR count). The van der Waals surface area contributed by atoms with Crippen LogP contribution in [0.1, 0.15) is 16.7 Å². The topological polar surface area (TPSA) is 107 Å². The summed E-state index contributed by atoms with van der Waals surface area (Å²) in [5.74, 6) is -0.0515. The van der Waals surface area contributed by atoms with Crippen molar-refractivity contribution in [1.82, 2.24) is 5.32 Å². The zero-order chi connectivity index (χ0) is 14.6. The molecule has 0 atom stereocenters. The Kier molecular flexibility index (Phi) is 4.82. The number of hydrogen-bond acceptors (Lipinski definition) is 4. The number of thiocarbonyl (C=S) groups is 1. The molecule has 1 aromatic rings. The molecule has 3 amide bonds. The fourth-order valence-electron chi connectivity index (χ4n) is 1.63. The fraction of sp³-hybridized carbons (Fsp3) is 0.250. The van der Waals surface area contributed by atoms with Gasteiger partial charge in [0.05, 0.1) is 0 Å². The van der Waals surface area contributed by atoms with Crippen LogP contribution in [0, 0.1) is 13.8 Å². The number of hydrogen-bond donors (Lipinski definition) is 3. The van der Waals surface area contributed by atoms with Crippen molar-refractivity contribution in [2.75, 3.05) is 6.61 Å². The van der Waals surface area contributed by atoms with Crippen LogP contribution < -0.4 is 21.5 Å². The molecule has 0 aliphatic heterocycles. The number of primary amides is 1. The maximum Gasteiger partial charge on any atom is 0.318 e. The molecule has 19 heavy (non-hydrogen) atoms. The van der Waals surface area contributed by atoms with Crippen LogP contribution in [0.2, 0.25) is 0 Å². The minimum absolute atomic E-state index is 0.295. The van der Waals surface area contributed by atoms with Crippen molar-refractivity contribution in [3.63, 3.8) is 0 Å². The Hall–Kier alpha value is -2.15. The molecule has 0 bridgehead atoms. The van der Waals surface area contributed by atoms with E-state index in [9.17, 15) is 9.59 Å². The predicted molar refractivity (Wildman–Crippen MR) is 75.0 cm³/mol. The van der Waals surface area contributed by atoms with Crippen LogP contribution in [0.4, 0.5) is 4.79 Å². The molecule has 0 saturated carbocycles. The van der Waals surface area contributed by atoms with Crippen LogP contribution in [-0.4, -0.2) is 23.5 Å². The third kappa shape index (κ3) is 4.22. The summed E-state index contributed by atoms with van der Waals surface area (Å²) in [7, 11) is 0. The molecule has 1 aromatic carbocycles. The maximum absolute atomic E-state index is 11.2. The van der Waals surface area contributed by atoms with Crippen LogP contribution >= 0.6 is 12.2 Å². The Morgan fingerprint density at radius 3 is 2.21 bits per heavy atom. The van der Waals surface area contributed by atoms with Gasteiger partial charge in [0.1, 0.15) is 10.7 Å². The molecule has 5 N–H and O–H groups in total. The number of urea groups is 1. The zero-order valence-corrected chi connectivity index (χ0v) is 11.5. The van der Waals surface area contributed by atoms with Crippen LogP contribution in [-0.2, 0) is 4.79 Å². The predicted octanol–water partition coefficient (Wildman–Crippen LogP) is 0.511. The Bertz CT molecular complexity index is 520. The standard InChI is InChI=1S/C12H15N3O3S/c1-6-3-8(11(13)19)4-7(2)10(6)18-5-9(16)15-12(14)17/h3-4H,5H2,1-2H3,(H2,13,19)(H3,14,15,16,17). The number of imide groups is 1. The van der Waals surface area contributed by atoms with E-state index in [1.54, 1.807) is 12.1 Å². The first-order chi connectivity index (χ1) is 8.81. The van der Waals surface area contributed by atoms with Gasteiger partial charge in [-0.1, -0.05) is 12.2 Å². The summed E-state index contributed by atoms with van der Waals surface area (Å²) in [6.45, 7) is 3.34. The summed E-state index contributed by atoms with van der Waals surface area (Å²) in [5.41, 5.74) is 12.7. The molecule has 0 aliphatic carbocycles. The van der Waals surface area contributed by atoms with Gasteiger partial charge in [0.15, 0.2) is 6.61 Å². The molecular weight excluding hydrogens is 266 g/mol. The van der Waals surface area contributed by atoms with Gasteiger partial charge < -0.3 is 16.2 Å². The van der Waals surface area contributed by atoms with Crippen LogP contribution in [0.25, 0.3) is 0 Å². The highest BCUT2D eigenvalue weighted by atomic mass is 32.1. The van der Waals surface area contributed by atoms with Gasteiger partial charge >= 0.3 is 6.03 Å². The van der Waals surface area contributed by atoms with E-state index >= 15 is 0 Å². The van der Waals surface area contributed by atoms with Crippen molar-refractivity contribution in [3.8, 4) is 5.75 Å². The van der Waals surface area contributed by atoms with Crippen molar-refractivity contribution >= 4 is 29.1 Å². The third-order valence-corrected chi connectivity index (χ3v) is 2.59. The summed E-state index contributed by atoms with van der Waals surface area (Å²) in [6, 6.07) is 2.64. The van der Waals surface area contributed by atoms with Crippen molar-refractivity contribution in [3.05, 3.63) is 28.8 Å². The highest BCUT2D eigenvalue weighted by Gasteiger charge is 2.11. The summed E-state index contributed by atoms with van der Waals surface area (Å²) in [5, 5.41) is 1.92. The Morgan fingerprint density at radius 1 is 1.26 bits per heavy atom. The van der Waals surface area contributed by atoms with Crippen molar-refractivity contribution in [2.45, 2.75) is 13.8 Å². The van der Waals surface area contributed by atoms with E-state index < -0.39 is 11.9 Å². The molecule has 0 spiro atoms. The Morgan fingerprint density at radius 2 is 1.79 bits per heavy atom. The Labute approximate surface area is 116 Å². The van der Waals surface area contributed by atoms with Gasteiger partial charge in [-0.15, -0.1) is 0 Å². The van der Waals surface area contributed by atoms with Gasteiger partial charge in [-0.2, -0.15) is 0 Å². The number of carbonyl (C=O) groups excluding carboxylic acids is 2. The fourth-order valence-corrected chi connectivity index (χ4v) is 1.75. The van der Waals surface area contributed by atoms with Crippen LogP contribution in [0.3, 0.4) is 0 Å². The van der Waals surface area contributed by atoms with E-state index in [0.717, 1.165) is 16.7 Å². The number of rotatable bonds is 4. The largest absolute Gasteiger partial charge is 0.483 e. The third-order valence-electron chi connectivity index (χ3n) is 2.36. The lowest BCUT2D eigenvalue weighted by Gasteiger charge is -2.13. The van der Waals surface area contributed by atoms with Gasteiger partial charge in [-0.3, -0.25) is 10.1 Å². The molecule has 7 heteroatoms. The summed E-state index contributed by atoms with van der Waals surface area (Å²) in [4.78, 5) is 22.0. The van der Waals surface area contributed by atoms with E-state index in [1.165, 1.54) is 0 Å². The number of aryl methyl sites for hydroxylation is 2. The molecule has 0 heterocycles. The van der Waals surface area contributed by atoms with Crippen molar-refractivity contribution in [2.24, 2.45) is 11.5 Å². The first-order valence-corrected chi connectivity index (χ1v) is 5.85. The van der Waals surface area contributed by atoms with Crippen molar-refractivity contribution in [1.29, 1.82) is 0 Å².